The Bertz CT molecular complexity index is 438. The van der Waals surface area contributed by atoms with Crippen LogP contribution in [0, 0.1) is 4.64 Å². The van der Waals surface area contributed by atoms with Crippen molar-refractivity contribution in [2.45, 2.75) is 57.0 Å². The highest BCUT2D eigenvalue weighted by Crippen LogP contribution is 2.21. The SMILES string of the molecule is CC(C)SCc1nc(=S)c2c([nH]1)CCCCC2. The average molecular weight is 268 g/mol. The van der Waals surface area contributed by atoms with Crippen LogP contribution < -0.4 is 0 Å². The summed E-state index contributed by atoms with van der Waals surface area (Å²) < 4.78 is 0.833. The zero-order valence-electron chi connectivity index (χ0n) is 10.6. The number of hydrogen-bond donors (Lipinski definition) is 1. The standard InChI is InChI=1S/C13H20N2S2/c1-9(2)17-8-12-14-11-7-5-3-4-6-10(11)13(16)15-12/h9H,3-8H2,1-2H3,(H,14,15,16). The number of rotatable bonds is 3. The fourth-order valence-corrected chi connectivity index (χ4v) is 3.13. The third-order valence-electron chi connectivity index (χ3n) is 3.06. The number of fused-ring (bicyclic) bond motifs is 1. The van der Waals surface area contributed by atoms with Crippen LogP contribution in [-0.4, -0.2) is 15.2 Å². The fraction of sp³-hybridized carbons (Fsp3) is 0.692. The molecule has 1 aliphatic rings. The third kappa shape index (κ3) is 3.55. The number of thioether (sulfide) groups is 1. The second kappa shape index (κ2) is 6.01. The van der Waals surface area contributed by atoms with E-state index in [2.05, 4.69) is 23.8 Å². The maximum absolute atomic E-state index is 5.43. The Labute approximate surface area is 113 Å². The molecule has 0 amide bonds. The predicted octanol–water partition coefficient (Wildman–Crippen LogP) is 4.05. The third-order valence-corrected chi connectivity index (χ3v) is 4.51. The van der Waals surface area contributed by atoms with Gasteiger partial charge in [-0.1, -0.05) is 32.5 Å². The molecule has 1 aliphatic carbocycles. The molecule has 0 atom stereocenters. The van der Waals surface area contributed by atoms with Crippen molar-refractivity contribution in [3.05, 3.63) is 21.7 Å². The Hall–Kier alpha value is -0.350. The Kier molecular flexibility index (Phi) is 4.62. The maximum Gasteiger partial charge on any atom is 0.133 e. The first-order chi connectivity index (χ1) is 8.16. The molecule has 0 radical (unpaired) electrons. The van der Waals surface area contributed by atoms with Crippen LogP contribution in [0.2, 0.25) is 0 Å². The Morgan fingerprint density at radius 2 is 2.06 bits per heavy atom. The molecule has 0 bridgehead atoms. The van der Waals surface area contributed by atoms with Crippen molar-refractivity contribution >= 4 is 24.0 Å². The normalized spacial score (nSPS) is 15.7. The molecule has 0 fully saturated rings. The molecule has 1 aromatic heterocycles. The highest BCUT2D eigenvalue weighted by Gasteiger charge is 2.12. The van der Waals surface area contributed by atoms with E-state index in [1.807, 2.05) is 11.8 Å². The monoisotopic (exact) mass is 268 g/mol. The van der Waals surface area contributed by atoms with E-state index in [-0.39, 0.29) is 0 Å². The lowest BCUT2D eigenvalue weighted by atomic mass is 10.1. The molecule has 0 spiro atoms. The summed E-state index contributed by atoms with van der Waals surface area (Å²) >= 11 is 7.33. The van der Waals surface area contributed by atoms with Gasteiger partial charge in [0.15, 0.2) is 0 Å². The van der Waals surface area contributed by atoms with Gasteiger partial charge < -0.3 is 4.98 Å². The van der Waals surface area contributed by atoms with Crippen LogP contribution in [0.5, 0.6) is 0 Å². The number of aromatic amines is 1. The van der Waals surface area contributed by atoms with Crippen LogP contribution in [0.15, 0.2) is 0 Å². The van der Waals surface area contributed by atoms with Crippen LogP contribution in [-0.2, 0) is 18.6 Å². The number of aromatic nitrogens is 2. The quantitative estimate of drug-likeness (QED) is 0.662. The van der Waals surface area contributed by atoms with Gasteiger partial charge in [0.25, 0.3) is 0 Å². The van der Waals surface area contributed by atoms with Gasteiger partial charge in [0.1, 0.15) is 10.5 Å². The van der Waals surface area contributed by atoms with Crippen LogP contribution in [0.1, 0.15) is 50.2 Å². The van der Waals surface area contributed by atoms with E-state index in [1.54, 1.807) is 0 Å². The summed E-state index contributed by atoms with van der Waals surface area (Å²) in [7, 11) is 0. The molecule has 2 nitrogen and oxygen atoms in total. The number of nitrogens with one attached hydrogen (secondary N) is 1. The van der Waals surface area contributed by atoms with Gasteiger partial charge in [0, 0.05) is 11.3 Å². The summed E-state index contributed by atoms with van der Waals surface area (Å²) in [6, 6.07) is 0. The van der Waals surface area contributed by atoms with Crippen molar-refractivity contribution in [2.24, 2.45) is 0 Å². The molecule has 94 valence electrons. The molecule has 0 aromatic carbocycles. The van der Waals surface area contributed by atoms with Gasteiger partial charge in [-0.05, 0) is 30.9 Å². The van der Waals surface area contributed by atoms with Crippen molar-refractivity contribution < 1.29 is 0 Å². The Morgan fingerprint density at radius 1 is 1.29 bits per heavy atom. The number of aryl methyl sites for hydroxylation is 1. The predicted molar refractivity (Wildman–Crippen MR) is 77.1 cm³/mol. The lowest BCUT2D eigenvalue weighted by Crippen LogP contribution is -2.04. The molecule has 1 heterocycles. The van der Waals surface area contributed by atoms with Gasteiger partial charge in [-0.3, -0.25) is 0 Å². The zero-order valence-corrected chi connectivity index (χ0v) is 12.2. The fourth-order valence-electron chi connectivity index (χ4n) is 2.16. The first-order valence-electron chi connectivity index (χ1n) is 6.39. The van der Waals surface area contributed by atoms with E-state index in [0.717, 1.165) is 29.1 Å². The molecular formula is C13H20N2S2. The van der Waals surface area contributed by atoms with Gasteiger partial charge in [-0.25, -0.2) is 4.98 Å². The van der Waals surface area contributed by atoms with E-state index in [9.17, 15) is 0 Å². The smallest absolute Gasteiger partial charge is 0.133 e. The van der Waals surface area contributed by atoms with E-state index in [0.29, 0.717) is 5.25 Å². The van der Waals surface area contributed by atoms with Gasteiger partial charge in [-0.2, -0.15) is 11.8 Å². The van der Waals surface area contributed by atoms with E-state index >= 15 is 0 Å². The first-order valence-corrected chi connectivity index (χ1v) is 7.85. The molecule has 17 heavy (non-hydrogen) atoms. The first kappa shape index (κ1) is 13.1. The van der Waals surface area contributed by atoms with Gasteiger partial charge in [0.05, 0.1) is 5.75 Å². The zero-order chi connectivity index (χ0) is 12.3. The molecule has 1 aromatic rings. The second-order valence-electron chi connectivity index (χ2n) is 4.87. The molecular weight excluding hydrogens is 248 g/mol. The minimum Gasteiger partial charge on any atom is -0.346 e. The summed E-state index contributed by atoms with van der Waals surface area (Å²) in [5.74, 6) is 1.99. The summed E-state index contributed by atoms with van der Waals surface area (Å²) in [4.78, 5) is 8.04. The second-order valence-corrected chi connectivity index (χ2v) is 6.82. The van der Waals surface area contributed by atoms with Gasteiger partial charge >= 0.3 is 0 Å². The van der Waals surface area contributed by atoms with E-state index in [1.165, 1.54) is 30.5 Å². The van der Waals surface area contributed by atoms with Crippen LogP contribution in [0.4, 0.5) is 0 Å². The van der Waals surface area contributed by atoms with Crippen LogP contribution in [0.3, 0.4) is 0 Å². The van der Waals surface area contributed by atoms with Gasteiger partial charge in [-0.15, -0.1) is 0 Å². The molecule has 0 saturated heterocycles. The summed E-state index contributed by atoms with van der Waals surface area (Å²) in [6.07, 6.45) is 6.09. The van der Waals surface area contributed by atoms with Crippen molar-refractivity contribution in [1.82, 2.24) is 9.97 Å². The van der Waals surface area contributed by atoms with E-state index < -0.39 is 0 Å². The van der Waals surface area contributed by atoms with Crippen LogP contribution in [0.25, 0.3) is 0 Å². The van der Waals surface area contributed by atoms with Crippen molar-refractivity contribution in [3.63, 3.8) is 0 Å². The Morgan fingerprint density at radius 3 is 2.82 bits per heavy atom. The molecule has 2 rings (SSSR count). The van der Waals surface area contributed by atoms with E-state index in [4.69, 9.17) is 12.2 Å². The van der Waals surface area contributed by atoms with Crippen molar-refractivity contribution in [3.8, 4) is 0 Å². The van der Waals surface area contributed by atoms with Crippen molar-refractivity contribution in [1.29, 1.82) is 0 Å². The number of H-pyrrole nitrogens is 1. The Balaban J connectivity index is 2.23. The molecule has 0 saturated carbocycles. The highest BCUT2D eigenvalue weighted by molar-refractivity contribution is 7.99. The lowest BCUT2D eigenvalue weighted by Gasteiger charge is -2.10. The van der Waals surface area contributed by atoms with Crippen molar-refractivity contribution in [2.75, 3.05) is 0 Å². The number of hydrogen-bond acceptors (Lipinski definition) is 3. The molecule has 4 heteroatoms. The summed E-state index contributed by atoms with van der Waals surface area (Å²) in [5.41, 5.74) is 2.65. The lowest BCUT2D eigenvalue weighted by molar-refractivity contribution is 0.708. The average Bonchev–Trinajstić information content (AvgIpc) is 2.51. The summed E-state index contributed by atoms with van der Waals surface area (Å²) in [6.45, 7) is 4.42. The minimum absolute atomic E-state index is 0.637. The van der Waals surface area contributed by atoms with Crippen LogP contribution >= 0.6 is 24.0 Å². The molecule has 0 unspecified atom stereocenters. The molecule has 1 N–H and O–H groups in total. The number of nitrogens with zero attached hydrogens (tertiary/aromatic N) is 1. The largest absolute Gasteiger partial charge is 0.346 e. The maximum atomic E-state index is 5.43. The molecule has 0 aliphatic heterocycles. The summed E-state index contributed by atoms with van der Waals surface area (Å²) in [5, 5.41) is 0.637. The minimum atomic E-state index is 0.637. The highest BCUT2D eigenvalue weighted by atomic mass is 32.2. The topological polar surface area (TPSA) is 28.7 Å². The van der Waals surface area contributed by atoms with Gasteiger partial charge in [0.2, 0.25) is 0 Å².